The molecule has 6 nitrogen and oxygen atoms in total. The Balaban J connectivity index is 1.51. The SMILES string of the molecule is Cc1ccccc1NC(=O)CSc1nnc(COc2ccccc2)n1-c1ccc(Cl)cc1. The van der Waals surface area contributed by atoms with Crippen LogP contribution >= 0.6 is 23.4 Å². The molecule has 32 heavy (non-hydrogen) atoms. The molecular formula is C24H21ClN4O2S. The van der Waals surface area contributed by atoms with Crippen molar-refractivity contribution in [2.45, 2.75) is 18.7 Å². The van der Waals surface area contributed by atoms with E-state index in [1.165, 1.54) is 11.8 Å². The number of hydrogen-bond acceptors (Lipinski definition) is 5. The summed E-state index contributed by atoms with van der Waals surface area (Å²) in [6, 6.07) is 24.6. The maximum Gasteiger partial charge on any atom is 0.234 e. The minimum absolute atomic E-state index is 0.114. The van der Waals surface area contributed by atoms with Crippen LogP contribution in [-0.2, 0) is 11.4 Å². The molecule has 0 saturated carbocycles. The molecule has 0 radical (unpaired) electrons. The molecule has 8 heteroatoms. The van der Waals surface area contributed by atoms with Crippen LogP contribution in [0.3, 0.4) is 0 Å². The molecule has 1 N–H and O–H groups in total. The first-order valence-corrected chi connectivity index (χ1v) is 11.3. The number of rotatable bonds is 8. The van der Waals surface area contributed by atoms with E-state index in [9.17, 15) is 4.79 Å². The lowest BCUT2D eigenvalue weighted by Gasteiger charge is -2.12. The molecule has 0 fully saturated rings. The Bertz CT molecular complexity index is 1200. The molecule has 3 aromatic carbocycles. The van der Waals surface area contributed by atoms with Crippen LogP contribution in [0.4, 0.5) is 5.69 Å². The Labute approximate surface area is 195 Å². The van der Waals surface area contributed by atoms with Crippen LogP contribution < -0.4 is 10.1 Å². The predicted octanol–water partition coefficient (Wildman–Crippen LogP) is 5.54. The summed E-state index contributed by atoms with van der Waals surface area (Å²) in [5.74, 6) is 1.44. The number of aryl methyl sites for hydroxylation is 1. The lowest BCUT2D eigenvalue weighted by Crippen LogP contribution is -2.15. The number of thioether (sulfide) groups is 1. The zero-order valence-corrected chi connectivity index (χ0v) is 18.9. The number of carbonyl (C=O) groups excluding carboxylic acids is 1. The standard InChI is InChI=1S/C24H21ClN4O2S/c1-17-7-5-6-10-21(17)26-23(30)16-32-24-28-27-22(15-31-20-8-3-2-4-9-20)29(24)19-13-11-18(25)12-14-19/h2-14H,15-16H2,1H3,(H,26,30). The number of nitrogens with one attached hydrogen (secondary N) is 1. The molecule has 0 bridgehead atoms. The molecule has 1 heterocycles. The van der Waals surface area contributed by atoms with Gasteiger partial charge in [0.05, 0.1) is 5.75 Å². The summed E-state index contributed by atoms with van der Waals surface area (Å²) < 4.78 is 7.75. The fourth-order valence-electron chi connectivity index (χ4n) is 3.03. The second-order valence-electron chi connectivity index (χ2n) is 6.96. The summed E-state index contributed by atoms with van der Waals surface area (Å²) in [6.07, 6.45) is 0. The van der Waals surface area contributed by atoms with E-state index < -0.39 is 0 Å². The number of amides is 1. The minimum Gasteiger partial charge on any atom is -0.486 e. The average molecular weight is 465 g/mol. The van der Waals surface area contributed by atoms with Gasteiger partial charge in [0.25, 0.3) is 0 Å². The lowest BCUT2D eigenvalue weighted by molar-refractivity contribution is -0.113. The third kappa shape index (κ3) is 5.49. The number of benzene rings is 3. The molecule has 0 atom stereocenters. The summed E-state index contributed by atoms with van der Waals surface area (Å²) in [5.41, 5.74) is 2.65. The summed E-state index contributed by atoms with van der Waals surface area (Å²) in [6.45, 7) is 2.19. The van der Waals surface area contributed by atoms with Gasteiger partial charge in [-0.25, -0.2) is 0 Å². The molecule has 1 aromatic heterocycles. The number of anilines is 1. The quantitative estimate of drug-likeness (QED) is 0.347. The van der Waals surface area contributed by atoms with E-state index in [2.05, 4.69) is 15.5 Å². The first-order valence-electron chi connectivity index (χ1n) is 9.96. The number of carbonyl (C=O) groups is 1. The second kappa shape index (κ2) is 10.3. The van der Waals surface area contributed by atoms with Gasteiger partial charge in [-0.15, -0.1) is 10.2 Å². The molecular weight excluding hydrogens is 444 g/mol. The van der Waals surface area contributed by atoms with E-state index in [4.69, 9.17) is 16.3 Å². The van der Waals surface area contributed by atoms with E-state index in [1.54, 1.807) is 12.1 Å². The van der Waals surface area contributed by atoms with Gasteiger partial charge in [-0.3, -0.25) is 9.36 Å². The van der Waals surface area contributed by atoms with Crippen molar-refractivity contribution < 1.29 is 9.53 Å². The molecule has 0 saturated heterocycles. The van der Waals surface area contributed by atoms with E-state index in [0.717, 1.165) is 22.7 Å². The average Bonchev–Trinajstić information content (AvgIpc) is 3.22. The van der Waals surface area contributed by atoms with Gasteiger partial charge in [0.1, 0.15) is 12.4 Å². The number of hydrogen-bond donors (Lipinski definition) is 1. The van der Waals surface area contributed by atoms with Gasteiger partial charge < -0.3 is 10.1 Å². The molecule has 0 aliphatic heterocycles. The fourth-order valence-corrected chi connectivity index (χ4v) is 3.93. The first-order chi connectivity index (χ1) is 15.6. The molecule has 4 rings (SSSR count). The van der Waals surface area contributed by atoms with E-state index in [-0.39, 0.29) is 18.3 Å². The van der Waals surface area contributed by atoms with Gasteiger partial charge in [-0.05, 0) is 55.0 Å². The topological polar surface area (TPSA) is 69.0 Å². The molecule has 0 unspecified atom stereocenters. The van der Waals surface area contributed by atoms with Crippen LogP contribution in [0.15, 0.2) is 84.0 Å². The van der Waals surface area contributed by atoms with E-state index in [1.807, 2.05) is 78.2 Å². The van der Waals surface area contributed by atoms with Crippen LogP contribution in [0.5, 0.6) is 5.75 Å². The van der Waals surface area contributed by atoms with Crippen molar-refractivity contribution >= 4 is 35.0 Å². The van der Waals surface area contributed by atoms with Crippen molar-refractivity contribution in [2.24, 2.45) is 0 Å². The van der Waals surface area contributed by atoms with Gasteiger partial charge in [0, 0.05) is 16.4 Å². The number of aromatic nitrogens is 3. The van der Waals surface area contributed by atoms with Crippen LogP contribution in [0.2, 0.25) is 5.02 Å². The van der Waals surface area contributed by atoms with Crippen molar-refractivity contribution in [3.05, 3.63) is 95.3 Å². The summed E-state index contributed by atoms with van der Waals surface area (Å²) in [4.78, 5) is 12.5. The molecule has 0 aliphatic rings. The van der Waals surface area contributed by atoms with Crippen molar-refractivity contribution in [3.63, 3.8) is 0 Å². The van der Waals surface area contributed by atoms with Crippen LogP contribution in [0, 0.1) is 6.92 Å². The molecule has 1 amide bonds. The highest BCUT2D eigenvalue weighted by Gasteiger charge is 2.17. The summed E-state index contributed by atoms with van der Waals surface area (Å²) >= 11 is 7.37. The summed E-state index contributed by atoms with van der Waals surface area (Å²) in [5, 5.41) is 12.8. The second-order valence-corrected chi connectivity index (χ2v) is 8.34. The molecule has 0 aliphatic carbocycles. The number of ether oxygens (including phenoxy) is 1. The Morgan fingerprint density at radius 1 is 1.00 bits per heavy atom. The van der Waals surface area contributed by atoms with Gasteiger partial charge in [0.2, 0.25) is 5.91 Å². The van der Waals surface area contributed by atoms with Crippen molar-refractivity contribution in [2.75, 3.05) is 11.1 Å². The molecule has 0 spiro atoms. The highest BCUT2D eigenvalue weighted by Crippen LogP contribution is 2.25. The van der Waals surface area contributed by atoms with Gasteiger partial charge in [0.15, 0.2) is 11.0 Å². The Morgan fingerprint density at radius 3 is 2.47 bits per heavy atom. The predicted molar refractivity (Wildman–Crippen MR) is 128 cm³/mol. The largest absolute Gasteiger partial charge is 0.486 e. The minimum atomic E-state index is -0.114. The summed E-state index contributed by atoms with van der Waals surface area (Å²) in [7, 11) is 0. The van der Waals surface area contributed by atoms with E-state index in [0.29, 0.717) is 16.0 Å². The van der Waals surface area contributed by atoms with Crippen molar-refractivity contribution in [1.82, 2.24) is 14.8 Å². The Hall–Kier alpha value is -3.29. The highest BCUT2D eigenvalue weighted by atomic mass is 35.5. The van der Waals surface area contributed by atoms with Gasteiger partial charge in [-0.1, -0.05) is 59.8 Å². The highest BCUT2D eigenvalue weighted by molar-refractivity contribution is 7.99. The van der Waals surface area contributed by atoms with Gasteiger partial charge in [-0.2, -0.15) is 0 Å². The zero-order chi connectivity index (χ0) is 22.3. The van der Waals surface area contributed by atoms with Crippen LogP contribution in [-0.4, -0.2) is 26.4 Å². The third-order valence-corrected chi connectivity index (χ3v) is 5.83. The first kappa shape index (κ1) is 21.9. The van der Waals surface area contributed by atoms with Crippen LogP contribution in [0.1, 0.15) is 11.4 Å². The lowest BCUT2D eigenvalue weighted by atomic mass is 10.2. The van der Waals surface area contributed by atoms with Gasteiger partial charge >= 0.3 is 0 Å². The third-order valence-electron chi connectivity index (χ3n) is 4.65. The van der Waals surface area contributed by atoms with Crippen molar-refractivity contribution in [3.8, 4) is 11.4 Å². The number of nitrogens with zero attached hydrogens (tertiary/aromatic N) is 3. The van der Waals surface area contributed by atoms with Crippen LogP contribution in [0.25, 0.3) is 5.69 Å². The van der Waals surface area contributed by atoms with E-state index >= 15 is 0 Å². The zero-order valence-electron chi connectivity index (χ0n) is 17.4. The molecule has 162 valence electrons. The normalized spacial score (nSPS) is 10.7. The number of para-hydroxylation sites is 2. The molecule has 4 aromatic rings. The Kier molecular flexibility index (Phi) is 7.09. The Morgan fingerprint density at radius 2 is 1.72 bits per heavy atom. The smallest absolute Gasteiger partial charge is 0.234 e. The number of halogens is 1. The monoisotopic (exact) mass is 464 g/mol. The van der Waals surface area contributed by atoms with Crippen molar-refractivity contribution in [1.29, 1.82) is 0 Å². The fraction of sp³-hybridized carbons (Fsp3) is 0.125. The maximum absolute atomic E-state index is 12.5. The maximum atomic E-state index is 12.5.